The van der Waals surface area contributed by atoms with E-state index in [-0.39, 0.29) is 26.1 Å². The molecule has 1 aromatic carbocycles. The van der Waals surface area contributed by atoms with E-state index in [4.69, 9.17) is 0 Å². The van der Waals surface area contributed by atoms with Crippen molar-refractivity contribution in [2.24, 2.45) is 0 Å². The fourth-order valence-corrected chi connectivity index (χ4v) is 4.56. The molecule has 1 saturated heterocycles. The van der Waals surface area contributed by atoms with Crippen molar-refractivity contribution >= 4 is 34.2 Å². The van der Waals surface area contributed by atoms with Gasteiger partial charge in [0, 0.05) is 13.1 Å². The number of H-pyrrole nitrogens is 1. The second-order valence-corrected chi connectivity index (χ2v) is 8.35. The molecule has 2 amide bonds. The van der Waals surface area contributed by atoms with Crippen molar-refractivity contribution in [1.29, 1.82) is 0 Å². The SMILES string of the molecule is Cc1[nH]nc2cc(Nc3cccc4c3C(=O)N(CC(=O)N3CCCC3C(F)(F)F)C4)cnc12. The number of pyridine rings is 1. The molecule has 1 atom stereocenters. The van der Waals surface area contributed by atoms with Crippen molar-refractivity contribution in [3.8, 4) is 0 Å². The number of nitrogens with zero attached hydrogens (tertiary/aromatic N) is 4. The fourth-order valence-electron chi connectivity index (χ4n) is 4.56. The molecule has 0 saturated carbocycles. The summed E-state index contributed by atoms with van der Waals surface area (Å²) in [7, 11) is 0. The Morgan fingerprint density at radius 2 is 2.15 bits per heavy atom. The van der Waals surface area contributed by atoms with Crippen molar-refractivity contribution in [1.82, 2.24) is 25.0 Å². The molecule has 4 heterocycles. The second kappa shape index (κ2) is 7.75. The molecule has 11 heteroatoms. The first-order valence-electron chi connectivity index (χ1n) is 10.6. The quantitative estimate of drug-likeness (QED) is 0.624. The van der Waals surface area contributed by atoms with Crippen LogP contribution in [0.5, 0.6) is 0 Å². The third-order valence-electron chi connectivity index (χ3n) is 6.14. The number of hydrogen-bond acceptors (Lipinski definition) is 5. The van der Waals surface area contributed by atoms with Gasteiger partial charge in [-0.2, -0.15) is 18.3 Å². The summed E-state index contributed by atoms with van der Waals surface area (Å²) in [6.45, 7) is 1.69. The predicted molar refractivity (Wildman–Crippen MR) is 114 cm³/mol. The Morgan fingerprint density at radius 3 is 2.94 bits per heavy atom. The van der Waals surface area contributed by atoms with Crippen LogP contribution in [0.2, 0.25) is 0 Å². The minimum absolute atomic E-state index is 0.0485. The highest BCUT2D eigenvalue weighted by Gasteiger charge is 2.48. The smallest absolute Gasteiger partial charge is 0.354 e. The molecule has 5 rings (SSSR count). The lowest BCUT2D eigenvalue weighted by Crippen LogP contribution is -2.48. The monoisotopic (exact) mass is 458 g/mol. The van der Waals surface area contributed by atoms with Gasteiger partial charge in [-0.05, 0) is 37.5 Å². The Kier molecular flexibility index (Phi) is 4.98. The molecule has 172 valence electrons. The number of alkyl halides is 3. The van der Waals surface area contributed by atoms with Crippen LogP contribution in [0.15, 0.2) is 30.5 Å². The summed E-state index contributed by atoms with van der Waals surface area (Å²) in [5.41, 5.74) is 4.55. The van der Waals surface area contributed by atoms with Crippen molar-refractivity contribution in [3.63, 3.8) is 0 Å². The molecule has 33 heavy (non-hydrogen) atoms. The highest BCUT2D eigenvalue weighted by molar-refractivity contribution is 6.05. The average Bonchev–Trinajstić information content (AvgIpc) is 3.47. The molecule has 0 bridgehead atoms. The number of carbonyl (C=O) groups excluding carboxylic acids is 2. The summed E-state index contributed by atoms with van der Waals surface area (Å²) in [6.07, 6.45) is -2.64. The van der Waals surface area contributed by atoms with Gasteiger partial charge in [-0.3, -0.25) is 19.7 Å². The molecule has 0 radical (unpaired) electrons. The van der Waals surface area contributed by atoms with E-state index in [0.29, 0.717) is 34.4 Å². The summed E-state index contributed by atoms with van der Waals surface area (Å²) in [4.78, 5) is 32.3. The van der Waals surface area contributed by atoms with Crippen LogP contribution in [0.4, 0.5) is 24.5 Å². The van der Waals surface area contributed by atoms with Gasteiger partial charge in [-0.15, -0.1) is 0 Å². The minimum Gasteiger partial charge on any atom is -0.354 e. The number of benzene rings is 1. The minimum atomic E-state index is -4.47. The number of aromatic nitrogens is 3. The van der Waals surface area contributed by atoms with Crippen LogP contribution in [0, 0.1) is 6.92 Å². The van der Waals surface area contributed by atoms with E-state index in [1.165, 1.54) is 4.90 Å². The predicted octanol–water partition coefficient (Wildman–Crippen LogP) is 3.52. The zero-order valence-corrected chi connectivity index (χ0v) is 17.7. The molecule has 8 nitrogen and oxygen atoms in total. The van der Waals surface area contributed by atoms with Crippen LogP contribution in [-0.2, 0) is 11.3 Å². The first kappa shape index (κ1) is 21.2. The fraction of sp³-hybridized carbons (Fsp3) is 0.364. The van der Waals surface area contributed by atoms with Gasteiger partial charge in [-0.25, -0.2) is 0 Å². The van der Waals surface area contributed by atoms with Gasteiger partial charge in [0.05, 0.1) is 28.8 Å². The highest BCUT2D eigenvalue weighted by Crippen LogP contribution is 2.34. The lowest BCUT2D eigenvalue weighted by Gasteiger charge is -2.28. The summed E-state index contributed by atoms with van der Waals surface area (Å²) in [6, 6.07) is 5.31. The molecular weight excluding hydrogens is 437 g/mol. The van der Waals surface area contributed by atoms with Crippen molar-refractivity contribution in [2.75, 3.05) is 18.4 Å². The Balaban J connectivity index is 1.34. The molecule has 2 aromatic heterocycles. The van der Waals surface area contributed by atoms with E-state index in [0.717, 1.165) is 16.1 Å². The largest absolute Gasteiger partial charge is 0.408 e. The summed E-state index contributed by atoms with van der Waals surface area (Å²) < 4.78 is 39.7. The van der Waals surface area contributed by atoms with Gasteiger partial charge in [0.25, 0.3) is 5.91 Å². The first-order chi connectivity index (χ1) is 15.7. The van der Waals surface area contributed by atoms with Gasteiger partial charge in [-0.1, -0.05) is 12.1 Å². The normalized spacial score (nSPS) is 18.3. The number of carbonyl (C=O) groups is 2. The van der Waals surface area contributed by atoms with E-state index in [9.17, 15) is 22.8 Å². The van der Waals surface area contributed by atoms with Gasteiger partial charge < -0.3 is 15.1 Å². The standard InChI is InChI=1S/C22H21F3N6O2/c1-12-20-16(29-28-12)8-14(9-26-20)27-15-5-2-4-13-10-30(21(33)19(13)15)11-18(32)31-7-3-6-17(31)22(23,24)25/h2,4-5,8-9,17,27H,3,6-7,10-11H2,1H3,(H,28,29). The summed E-state index contributed by atoms with van der Waals surface area (Å²) in [5, 5.41) is 10.2. The Bertz CT molecular complexity index is 1250. The average molecular weight is 458 g/mol. The number of aromatic amines is 1. The number of aryl methyl sites for hydroxylation is 1. The maximum absolute atomic E-state index is 13.2. The maximum Gasteiger partial charge on any atom is 0.408 e. The molecule has 2 N–H and O–H groups in total. The van der Waals surface area contributed by atoms with E-state index < -0.39 is 24.0 Å². The van der Waals surface area contributed by atoms with Crippen LogP contribution in [0.25, 0.3) is 11.0 Å². The van der Waals surface area contributed by atoms with Crippen LogP contribution in [0.3, 0.4) is 0 Å². The molecule has 1 unspecified atom stereocenters. The second-order valence-electron chi connectivity index (χ2n) is 8.35. The molecule has 0 aliphatic carbocycles. The van der Waals surface area contributed by atoms with E-state index in [1.54, 1.807) is 30.5 Å². The van der Waals surface area contributed by atoms with Crippen molar-refractivity contribution in [3.05, 3.63) is 47.3 Å². The third-order valence-corrected chi connectivity index (χ3v) is 6.14. The Hall–Kier alpha value is -3.63. The number of fused-ring (bicyclic) bond motifs is 2. The van der Waals surface area contributed by atoms with E-state index >= 15 is 0 Å². The van der Waals surface area contributed by atoms with Crippen LogP contribution in [0.1, 0.15) is 34.5 Å². The molecule has 1 fully saturated rings. The molecule has 3 aromatic rings. The van der Waals surface area contributed by atoms with Gasteiger partial charge in [0.2, 0.25) is 5.91 Å². The topological polar surface area (TPSA) is 94.2 Å². The van der Waals surface area contributed by atoms with Gasteiger partial charge in [0.1, 0.15) is 23.6 Å². The number of likely N-dealkylation sites (tertiary alicyclic amines) is 1. The zero-order valence-electron chi connectivity index (χ0n) is 17.7. The molecular formula is C22H21F3N6O2. The number of halogens is 3. The first-order valence-corrected chi connectivity index (χ1v) is 10.6. The lowest BCUT2D eigenvalue weighted by molar-refractivity contribution is -0.182. The van der Waals surface area contributed by atoms with Crippen LogP contribution >= 0.6 is 0 Å². The molecule has 2 aliphatic rings. The maximum atomic E-state index is 13.2. The lowest BCUT2D eigenvalue weighted by atomic mass is 10.1. The van der Waals surface area contributed by atoms with Crippen LogP contribution in [-0.4, -0.2) is 62.1 Å². The van der Waals surface area contributed by atoms with Gasteiger partial charge >= 0.3 is 6.18 Å². The number of hydrogen-bond donors (Lipinski definition) is 2. The van der Waals surface area contributed by atoms with Gasteiger partial charge in [0.15, 0.2) is 0 Å². The number of nitrogens with one attached hydrogen (secondary N) is 2. The van der Waals surface area contributed by atoms with Crippen molar-refractivity contribution in [2.45, 2.75) is 38.5 Å². The van der Waals surface area contributed by atoms with E-state index in [2.05, 4.69) is 20.5 Å². The van der Waals surface area contributed by atoms with Crippen molar-refractivity contribution < 1.29 is 22.8 Å². The summed E-state index contributed by atoms with van der Waals surface area (Å²) in [5.74, 6) is -1.08. The van der Waals surface area contributed by atoms with Crippen LogP contribution < -0.4 is 5.32 Å². The third kappa shape index (κ3) is 3.77. The number of anilines is 2. The Labute approximate surface area is 186 Å². The Morgan fingerprint density at radius 1 is 1.33 bits per heavy atom. The number of rotatable bonds is 4. The highest BCUT2D eigenvalue weighted by atomic mass is 19.4. The number of amides is 2. The van der Waals surface area contributed by atoms with E-state index in [1.807, 2.05) is 6.92 Å². The summed E-state index contributed by atoms with van der Waals surface area (Å²) >= 11 is 0. The molecule has 2 aliphatic heterocycles. The zero-order chi connectivity index (χ0) is 23.3. The molecule has 0 spiro atoms.